The van der Waals surface area contributed by atoms with Gasteiger partial charge in [0.15, 0.2) is 0 Å². The molecule has 5 heteroatoms. The van der Waals surface area contributed by atoms with Crippen molar-refractivity contribution in [3.63, 3.8) is 0 Å². The van der Waals surface area contributed by atoms with Crippen molar-refractivity contribution in [2.45, 2.75) is 25.7 Å². The Labute approximate surface area is 140 Å². The lowest BCUT2D eigenvalue weighted by molar-refractivity contribution is -0.129. The van der Waals surface area contributed by atoms with Crippen LogP contribution in [-0.4, -0.2) is 20.7 Å². The minimum atomic E-state index is -0.375. The number of imidazole rings is 1. The van der Waals surface area contributed by atoms with E-state index in [9.17, 15) is 4.79 Å². The second-order valence-corrected chi connectivity index (χ2v) is 5.93. The third-order valence-corrected chi connectivity index (χ3v) is 4.28. The molecule has 0 atom stereocenters. The Morgan fingerprint density at radius 3 is 2.62 bits per heavy atom. The van der Waals surface area contributed by atoms with Crippen LogP contribution in [-0.2, 0) is 31.1 Å². The first-order valence-corrected chi connectivity index (χ1v) is 8.08. The summed E-state index contributed by atoms with van der Waals surface area (Å²) < 4.78 is 2.13. The summed E-state index contributed by atoms with van der Waals surface area (Å²) in [6.45, 7) is 0. The number of rotatable bonds is 6. The molecule has 0 spiro atoms. The van der Waals surface area contributed by atoms with Crippen molar-refractivity contribution < 1.29 is 10.0 Å². The Bertz CT molecular complexity index is 840. The van der Waals surface area contributed by atoms with Gasteiger partial charge in [-0.25, -0.2) is 10.5 Å². The van der Waals surface area contributed by atoms with Gasteiger partial charge < -0.3 is 4.57 Å². The molecule has 0 aliphatic carbocycles. The Morgan fingerprint density at radius 2 is 1.88 bits per heavy atom. The van der Waals surface area contributed by atoms with Gasteiger partial charge in [-0.1, -0.05) is 36.4 Å². The summed E-state index contributed by atoms with van der Waals surface area (Å²) in [6.07, 6.45) is 2.69. The second kappa shape index (κ2) is 7.27. The van der Waals surface area contributed by atoms with E-state index in [1.54, 1.807) is 5.48 Å². The molecule has 24 heavy (non-hydrogen) atoms. The van der Waals surface area contributed by atoms with Crippen LogP contribution in [0.25, 0.3) is 11.0 Å². The molecule has 2 N–H and O–H groups in total. The third-order valence-electron chi connectivity index (χ3n) is 4.28. The van der Waals surface area contributed by atoms with E-state index in [0.717, 1.165) is 35.3 Å². The summed E-state index contributed by atoms with van der Waals surface area (Å²) in [6, 6.07) is 16.5. The van der Waals surface area contributed by atoms with Gasteiger partial charge in [-0.15, -0.1) is 0 Å². The monoisotopic (exact) mass is 323 g/mol. The molecular formula is C19H21N3O2. The maximum absolute atomic E-state index is 11.1. The molecule has 0 radical (unpaired) electrons. The summed E-state index contributed by atoms with van der Waals surface area (Å²) in [5.74, 6) is 0.679. The number of hydrogen-bond donors (Lipinski definition) is 2. The minimum Gasteiger partial charge on any atom is -0.331 e. The van der Waals surface area contributed by atoms with Crippen LogP contribution in [0.5, 0.6) is 0 Å². The lowest BCUT2D eigenvalue weighted by Gasteiger charge is -2.03. The van der Waals surface area contributed by atoms with Crippen molar-refractivity contribution in [2.75, 3.05) is 0 Å². The van der Waals surface area contributed by atoms with E-state index >= 15 is 0 Å². The molecule has 0 aliphatic heterocycles. The highest BCUT2D eigenvalue weighted by molar-refractivity contribution is 5.78. The van der Waals surface area contributed by atoms with Gasteiger partial charge in [-0.05, 0) is 36.1 Å². The predicted molar refractivity (Wildman–Crippen MR) is 92.8 cm³/mol. The molecule has 0 saturated heterocycles. The van der Waals surface area contributed by atoms with Gasteiger partial charge in [0.1, 0.15) is 5.82 Å². The van der Waals surface area contributed by atoms with Crippen molar-refractivity contribution in [3.05, 3.63) is 65.5 Å². The van der Waals surface area contributed by atoms with Crippen LogP contribution in [0.1, 0.15) is 23.4 Å². The van der Waals surface area contributed by atoms with Gasteiger partial charge in [0.05, 0.1) is 11.0 Å². The molecular weight excluding hydrogens is 302 g/mol. The zero-order chi connectivity index (χ0) is 16.9. The van der Waals surface area contributed by atoms with E-state index in [-0.39, 0.29) is 12.3 Å². The van der Waals surface area contributed by atoms with Crippen molar-refractivity contribution in [2.24, 2.45) is 7.05 Å². The molecule has 0 saturated carbocycles. The highest BCUT2D eigenvalue weighted by Gasteiger charge is 2.09. The molecule has 0 fully saturated rings. The summed E-state index contributed by atoms with van der Waals surface area (Å²) in [7, 11) is 2.04. The fraction of sp³-hybridized carbons (Fsp3) is 0.263. The van der Waals surface area contributed by atoms with E-state index in [2.05, 4.69) is 28.8 Å². The number of aryl methyl sites for hydroxylation is 4. The molecule has 1 amide bonds. The third kappa shape index (κ3) is 3.63. The molecule has 3 aromatic rings. The van der Waals surface area contributed by atoms with Crippen LogP contribution >= 0.6 is 0 Å². The lowest BCUT2D eigenvalue weighted by Crippen LogP contribution is -2.18. The molecule has 3 rings (SSSR count). The number of hydroxylamine groups is 1. The largest absolute Gasteiger partial charge is 0.331 e. The van der Waals surface area contributed by atoms with Crippen molar-refractivity contribution in [3.8, 4) is 0 Å². The van der Waals surface area contributed by atoms with Crippen molar-refractivity contribution in [1.82, 2.24) is 15.0 Å². The average Bonchev–Trinajstić information content (AvgIpc) is 2.94. The van der Waals surface area contributed by atoms with Crippen LogP contribution < -0.4 is 5.48 Å². The topological polar surface area (TPSA) is 67.2 Å². The van der Waals surface area contributed by atoms with E-state index in [0.29, 0.717) is 6.42 Å². The number of nitrogens with one attached hydrogen (secondary N) is 1. The number of fused-ring (bicyclic) bond motifs is 1. The van der Waals surface area contributed by atoms with Gasteiger partial charge in [-0.3, -0.25) is 10.0 Å². The van der Waals surface area contributed by atoms with Gasteiger partial charge in [0, 0.05) is 19.9 Å². The summed E-state index contributed by atoms with van der Waals surface area (Å²) in [4.78, 5) is 15.9. The first kappa shape index (κ1) is 16.2. The lowest BCUT2D eigenvalue weighted by atomic mass is 10.1. The van der Waals surface area contributed by atoms with Crippen LogP contribution in [0.3, 0.4) is 0 Å². The quantitative estimate of drug-likeness (QED) is 0.541. The standard InChI is InChI=1S/C19H21N3O2/c1-22-17-10-7-15(9-12-19(23)21-24)13-16(17)20-18(22)11-8-14-5-3-2-4-6-14/h2-7,10,13,24H,8-9,11-12H2,1H3,(H,21,23). The Balaban J connectivity index is 1.75. The van der Waals surface area contributed by atoms with Crippen molar-refractivity contribution >= 4 is 16.9 Å². The first-order valence-electron chi connectivity index (χ1n) is 8.08. The number of carbonyl (C=O) groups excluding carboxylic acids is 1. The normalized spacial score (nSPS) is 10.9. The minimum absolute atomic E-state index is 0.260. The van der Waals surface area contributed by atoms with Crippen LogP contribution in [0.2, 0.25) is 0 Å². The first-order chi connectivity index (χ1) is 11.7. The van der Waals surface area contributed by atoms with Crippen molar-refractivity contribution in [1.29, 1.82) is 0 Å². The molecule has 2 aromatic carbocycles. The number of hydrogen-bond acceptors (Lipinski definition) is 3. The van der Waals surface area contributed by atoms with Gasteiger partial charge in [0.2, 0.25) is 5.91 Å². The smallest absolute Gasteiger partial charge is 0.243 e. The molecule has 0 unspecified atom stereocenters. The summed E-state index contributed by atoms with van der Waals surface area (Å²) in [5, 5.41) is 8.56. The molecule has 1 aromatic heterocycles. The second-order valence-electron chi connectivity index (χ2n) is 5.93. The van der Waals surface area contributed by atoms with Crippen LogP contribution in [0, 0.1) is 0 Å². The SMILES string of the molecule is Cn1c(CCc2ccccc2)nc2cc(CCC(=O)NO)ccc21. The number of aromatic nitrogens is 2. The Hall–Kier alpha value is -2.66. The maximum atomic E-state index is 11.1. The summed E-state index contributed by atoms with van der Waals surface area (Å²) in [5.41, 5.74) is 6.04. The van der Waals surface area contributed by atoms with E-state index < -0.39 is 0 Å². The number of carbonyl (C=O) groups is 1. The number of nitrogens with zero attached hydrogens (tertiary/aromatic N) is 2. The zero-order valence-electron chi connectivity index (χ0n) is 13.7. The van der Waals surface area contributed by atoms with E-state index in [4.69, 9.17) is 10.2 Å². The zero-order valence-corrected chi connectivity index (χ0v) is 13.7. The average molecular weight is 323 g/mol. The van der Waals surface area contributed by atoms with Gasteiger partial charge in [0.25, 0.3) is 0 Å². The molecule has 0 aliphatic rings. The fourth-order valence-corrected chi connectivity index (χ4v) is 2.89. The van der Waals surface area contributed by atoms with Crippen LogP contribution in [0.15, 0.2) is 48.5 Å². The van der Waals surface area contributed by atoms with Crippen LogP contribution in [0.4, 0.5) is 0 Å². The fourth-order valence-electron chi connectivity index (χ4n) is 2.89. The highest BCUT2D eigenvalue weighted by atomic mass is 16.5. The maximum Gasteiger partial charge on any atom is 0.243 e. The molecule has 1 heterocycles. The highest BCUT2D eigenvalue weighted by Crippen LogP contribution is 2.19. The Kier molecular flexibility index (Phi) is 4.91. The number of benzene rings is 2. The van der Waals surface area contributed by atoms with Gasteiger partial charge >= 0.3 is 0 Å². The van der Waals surface area contributed by atoms with E-state index in [1.807, 2.05) is 31.3 Å². The molecule has 124 valence electrons. The van der Waals surface area contributed by atoms with E-state index in [1.165, 1.54) is 5.56 Å². The Morgan fingerprint density at radius 1 is 1.08 bits per heavy atom. The van der Waals surface area contributed by atoms with Gasteiger partial charge in [-0.2, -0.15) is 0 Å². The predicted octanol–water partition coefficient (Wildman–Crippen LogP) is 2.80. The summed E-state index contributed by atoms with van der Waals surface area (Å²) >= 11 is 0. The molecule has 0 bridgehead atoms. The molecule has 5 nitrogen and oxygen atoms in total. The number of amides is 1.